The van der Waals surface area contributed by atoms with E-state index in [1.165, 1.54) is 34.8 Å². The molecule has 3 atom stereocenters. The maximum Gasteiger partial charge on any atom is 0.311 e. The number of aliphatic hydroxyl groups excluding tert-OH is 1. The number of allylic oxidation sites excluding steroid dienone is 1. The largest absolute Gasteiger partial charge is 0.469 e. The van der Waals surface area contributed by atoms with Crippen LogP contribution in [0.5, 0.6) is 0 Å². The number of hydrogen-bond acceptors (Lipinski definition) is 4. The minimum absolute atomic E-state index is 0.0102. The Morgan fingerprint density at radius 3 is 3.00 bits per heavy atom. The summed E-state index contributed by atoms with van der Waals surface area (Å²) < 4.78 is 4.96. The number of hydrogen-bond donors (Lipinski definition) is 2. The Morgan fingerprint density at radius 1 is 1.46 bits per heavy atom. The third-order valence-electron chi connectivity index (χ3n) is 6.17. The van der Waals surface area contributed by atoms with Gasteiger partial charge in [0.25, 0.3) is 0 Å². The lowest BCUT2D eigenvalue weighted by molar-refractivity contribution is -0.149. The Bertz CT molecular complexity index is 854. The average Bonchev–Trinajstić information content (AvgIpc) is 3.07. The Labute approximate surface area is 153 Å². The van der Waals surface area contributed by atoms with E-state index in [1.54, 1.807) is 0 Å². The number of rotatable bonds is 3. The summed E-state index contributed by atoms with van der Waals surface area (Å²) in [5.41, 5.74) is 5.09. The first kappa shape index (κ1) is 17.3. The monoisotopic (exact) mass is 354 g/mol. The van der Waals surface area contributed by atoms with Gasteiger partial charge < -0.3 is 14.8 Å². The van der Waals surface area contributed by atoms with Gasteiger partial charge in [0.05, 0.1) is 25.7 Å². The second kappa shape index (κ2) is 6.89. The van der Waals surface area contributed by atoms with Crippen molar-refractivity contribution in [2.24, 2.45) is 11.8 Å². The number of aromatic amines is 1. The Hall–Kier alpha value is -2.11. The van der Waals surface area contributed by atoms with Crippen molar-refractivity contribution in [2.45, 2.75) is 25.8 Å². The van der Waals surface area contributed by atoms with Gasteiger partial charge in [0, 0.05) is 29.7 Å². The predicted molar refractivity (Wildman–Crippen MR) is 101 cm³/mol. The van der Waals surface area contributed by atoms with Crippen LogP contribution in [0.3, 0.4) is 0 Å². The predicted octanol–water partition coefficient (Wildman–Crippen LogP) is 2.81. The van der Waals surface area contributed by atoms with Crippen LogP contribution in [0.25, 0.3) is 10.9 Å². The number of para-hydroxylation sites is 1. The summed E-state index contributed by atoms with van der Waals surface area (Å²) in [7, 11) is 1.39. The normalized spacial score (nSPS) is 25.7. The van der Waals surface area contributed by atoms with Gasteiger partial charge in [0.1, 0.15) is 0 Å². The zero-order chi connectivity index (χ0) is 18.3. The highest BCUT2D eigenvalue weighted by atomic mass is 16.5. The molecule has 1 aromatic carbocycles. The maximum atomic E-state index is 12.2. The third kappa shape index (κ3) is 2.66. The molecule has 138 valence electrons. The lowest BCUT2D eigenvalue weighted by Gasteiger charge is -2.45. The molecule has 0 bridgehead atoms. The molecule has 1 fully saturated rings. The lowest BCUT2D eigenvalue weighted by atomic mass is 9.75. The summed E-state index contributed by atoms with van der Waals surface area (Å²) in [5.74, 6) is -0.808. The molecule has 2 aliphatic rings. The van der Waals surface area contributed by atoms with Crippen molar-refractivity contribution in [2.75, 3.05) is 26.8 Å². The van der Waals surface area contributed by atoms with Crippen LogP contribution in [0.4, 0.5) is 0 Å². The van der Waals surface area contributed by atoms with Gasteiger partial charge in [-0.15, -0.1) is 0 Å². The highest BCUT2D eigenvalue weighted by Gasteiger charge is 2.42. The Kier molecular flexibility index (Phi) is 4.59. The third-order valence-corrected chi connectivity index (χ3v) is 6.17. The first-order valence-corrected chi connectivity index (χ1v) is 9.35. The van der Waals surface area contributed by atoms with E-state index < -0.39 is 5.92 Å². The molecule has 0 amide bonds. The van der Waals surface area contributed by atoms with Gasteiger partial charge in [-0.2, -0.15) is 0 Å². The number of ether oxygens (including phenoxy) is 1. The number of H-pyrrole nitrogens is 1. The molecule has 4 rings (SSSR count). The molecule has 0 radical (unpaired) electrons. The fourth-order valence-corrected chi connectivity index (χ4v) is 4.81. The second-order valence-corrected chi connectivity index (χ2v) is 7.32. The van der Waals surface area contributed by atoms with Gasteiger partial charge >= 0.3 is 5.97 Å². The summed E-state index contributed by atoms with van der Waals surface area (Å²) in [5, 5.41) is 11.2. The molecule has 0 aliphatic carbocycles. The topological polar surface area (TPSA) is 65.6 Å². The van der Waals surface area contributed by atoms with Crippen molar-refractivity contribution in [3.63, 3.8) is 0 Å². The molecule has 1 saturated heterocycles. The minimum atomic E-state index is -0.497. The first-order chi connectivity index (χ1) is 12.7. The van der Waals surface area contributed by atoms with Crippen LogP contribution in [0, 0.1) is 11.8 Å². The molecular formula is C21H26N2O3. The number of nitrogens with zero attached hydrogens (tertiary/aromatic N) is 1. The van der Waals surface area contributed by atoms with Gasteiger partial charge in [-0.3, -0.25) is 9.69 Å². The van der Waals surface area contributed by atoms with Crippen LogP contribution in [-0.2, 0) is 16.0 Å². The van der Waals surface area contributed by atoms with Gasteiger partial charge in [0.2, 0.25) is 0 Å². The fourth-order valence-electron chi connectivity index (χ4n) is 4.81. The minimum Gasteiger partial charge on any atom is -0.469 e. The molecule has 0 saturated carbocycles. The summed E-state index contributed by atoms with van der Waals surface area (Å²) >= 11 is 0. The molecule has 5 heteroatoms. The van der Waals surface area contributed by atoms with Crippen molar-refractivity contribution < 1.29 is 14.6 Å². The van der Waals surface area contributed by atoms with Crippen LogP contribution >= 0.6 is 0 Å². The number of esters is 1. The molecule has 3 unspecified atom stereocenters. The van der Waals surface area contributed by atoms with Crippen molar-refractivity contribution in [3.05, 3.63) is 47.2 Å². The summed E-state index contributed by atoms with van der Waals surface area (Å²) in [6.07, 6.45) is 3.96. The molecule has 5 nitrogen and oxygen atoms in total. The average molecular weight is 354 g/mol. The molecule has 0 spiro atoms. The van der Waals surface area contributed by atoms with Crippen LogP contribution in [0.15, 0.2) is 35.9 Å². The Balaban J connectivity index is 1.73. The van der Waals surface area contributed by atoms with E-state index >= 15 is 0 Å². The molecule has 1 aromatic heterocycles. The van der Waals surface area contributed by atoms with E-state index in [0.717, 1.165) is 25.9 Å². The highest BCUT2D eigenvalue weighted by molar-refractivity contribution is 5.85. The van der Waals surface area contributed by atoms with Crippen molar-refractivity contribution in [1.29, 1.82) is 0 Å². The fraction of sp³-hybridized carbons (Fsp3) is 0.476. The smallest absolute Gasteiger partial charge is 0.311 e. The lowest BCUT2D eigenvalue weighted by Crippen LogP contribution is -2.45. The number of aromatic nitrogens is 1. The molecule has 2 aliphatic heterocycles. The van der Waals surface area contributed by atoms with E-state index in [1.807, 2.05) is 6.92 Å². The molecule has 2 N–H and O–H groups in total. The molecule has 3 heterocycles. The number of piperidine rings is 1. The van der Waals surface area contributed by atoms with E-state index in [2.05, 4.69) is 40.2 Å². The summed E-state index contributed by atoms with van der Waals surface area (Å²) in [6.45, 7) is 3.70. The number of nitrogens with one attached hydrogen (secondary N) is 1. The number of methoxy groups -OCH3 is 1. The number of fused-ring (bicyclic) bond motifs is 5. The van der Waals surface area contributed by atoms with E-state index in [4.69, 9.17) is 4.74 Å². The SMILES string of the molecule is CC=C1CN2CCc3c([nH]c4ccccc34)C2CC1C(CO)C(=O)OC. The quantitative estimate of drug-likeness (QED) is 0.657. The molecular weight excluding hydrogens is 328 g/mol. The van der Waals surface area contributed by atoms with Gasteiger partial charge in [-0.25, -0.2) is 0 Å². The van der Waals surface area contributed by atoms with Crippen LogP contribution in [0.1, 0.15) is 30.6 Å². The maximum absolute atomic E-state index is 12.2. The number of aliphatic hydroxyl groups is 1. The van der Waals surface area contributed by atoms with E-state index in [9.17, 15) is 9.90 Å². The van der Waals surface area contributed by atoms with Gasteiger partial charge in [-0.1, -0.05) is 29.8 Å². The van der Waals surface area contributed by atoms with Crippen molar-refractivity contribution >= 4 is 16.9 Å². The first-order valence-electron chi connectivity index (χ1n) is 9.35. The van der Waals surface area contributed by atoms with Gasteiger partial charge in [0.15, 0.2) is 0 Å². The number of carbonyl (C=O) groups excluding carboxylic acids is 1. The number of carbonyl (C=O) groups is 1. The Morgan fingerprint density at radius 2 is 2.27 bits per heavy atom. The summed E-state index contributed by atoms with van der Waals surface area (Å²) in [4.78, 5) is 18.3. The van der Waals surface area contributed by atoms with Crippen LogP contribution in [-0.4, -0.2) is 47.8 Å². The van der Waals surface area contributed by atoms with Crippen LogP contribution in [0.2, 0.25) is 0 Å². The second-order valence-electron chi connectivity index (χ2n) is 7.32. The van der Waals surface area contributed by atoms with Crippen molar-refractivity contribution in [1.82, 2.24) is 9.88 Å². The standard InChI is InChI=1S/C21H26N2O3/c1-3-13-11-23-9-8-15-14-6-4-5-7-18(14)22-20(15)19(23)10-16(13)17(12-24)21(25)26-2/h3-7,16-17,19,22,24H,8-12H2,1-2H3. The van der Waals surface area contributed by atoms with Crippen molar-refractivity contribution in [3.8, 4) is 0 Å². The molecule has 2 aromatic rings. The highest BCUT2D eigenvalue weighted by Crippen LogP contribution is 2.44. The zero-order valence-corrected chi connectivity index (χ0v) is 15.4. The summed E-state index contributed by atoms with van der Waals surface area (Å²) in [6, 6.07) is 8.70. The zero-order valence-electron chi connectivity index (χ0n) is 15.4. The van der Waals surface area contributed by atoms with E-state index in [-0.39, 0.29) is 24.5 Å². The van der Waals surface area contributed by atoms with Gasteiger partial charge in [-0.05, 0) is 37.3 Å². The number of benzene rings is 1. The van der Waals surface area contributed by atoms with E-state index in [0.29, 0.717) is 0 Å². The van der Waals surface area contributed by atoms with Crippen LogP contribution < -0.4 is 0 Å². The molecule has 26 heavy (non-hydrogen) atoms.